The number of fused-ring (bicyclic) bond motifs is 3. The van der Waals surface area contributed by atoms with Crippen molar-refractivity contribution in [1.29, 1.82) is 0 Å². The SMILES string of the molecule is CC/C(=C\c1cc(I)c(O)c(OC)c1)CC[C@H]1OC[C@H]2C1=C(CO)C[C@H]1C(=O)N(c3cc(C(F)(F)F)cc(C(F)(F)F)c3)C(=O)[C@H]12. The summed E-state index contributed by atoms with van der Waals surface area (Å²) in [6.07, 6.45) is -7.21. The molecule has 46 heavy (non-hydrogen) atoms. The van der Waals surface area contributed by atoms with Gasteiger partial charge in [-0.3, -0.25) is 9.59 Å². The standard InChI is InChI=1S/C32H30F6INO6/c1-3-15(6-16-7-23(39)28(42)25(8-16)45-2)4-5-24-26-17(13-41)9-21-27(22(26)14-46-24)30(44)40(29(21)43)20-11-18(31(33,34)35)10-19(12-20)32(36,37)38/h6-8,10-12,21-22,24,27,41-42H,3-5,9,13-14H2,1-2H3/b15-6+/t21-,22+,24-,27-/m1/s1. The quantitative estimate of drug-likeness (QED) is 0.129. The van der Waals surface area contributed by atoms with Gasteiger partial charge in [0.2, 0.25) is 11.8 Å². The van der Waals surface area contributed by atoms with Crippen LogP contribution in [0.15, 0.2) is 47.1 Å². The fourth-order valence-electron chi connectivity index (χ4n) is 6.68. The van der Waals surface area contributed by atoms with Crippen molar-refractivity contribution in [3.63, 3.8) is 0 Å². The maximum Gasteiger partial charge on any atom is 0.416 e. The highest BCUT2D eigenvalue weighted by Crippen LogP contribution is 2.51. The molecule has 4 atom stereocenters. The van der Waals surface area contributed by atoms with Crippen LogP contribution in [0, 0.1) is 21.3 Å². The normalized spacial score (nSPS) is 23.7. The molecule has 2 N–H and O–H groups in total. The van der Waals surface area contributed by atoms with Gasteiger partial charge >= 0.3 is 12.4 Å². The second kappa shape index (κ2) is 12.8. The monoisotopic (exact) mass is 765 g/mol. The first kappa shape index (κ1) is 34.2. The number of imide groups is 1. The average molecular weight is 765 g/mol. The maximum absolute atomic E-state index is 13.7. The molecular formula is C32H30F6INO6. The number of allylic oxidation sites excluding steroid dienone is 1. The Kier molecular flexibility index (Phi) is 9.55. The van der Waals surface area contributed by atoms with Crippen molar-refractivity contribution in [2.75, 3.05) is 25.2 Å². The van der Waals surface area contributed by atoms with E-state index in [-0.39, 0.29) is 24.8 Å². The van der Waals surface area contributed by atoms with E-state index in [0.29, 0.717) is 56.8 Å². The van der Waals surface area contributed by atoms with E-state index in [1.165, 1.54) is 7.11 Å². The first-order chi connectivity index (χ1) is 21.6. The molecule has 0 spiro atoms. The number of halogens is 7. The molecule has 0 bridgehead atoms. The number of methoxy groups -OCH3 is 1. The van der Waals surface area contributed by atoms with Gasteiger partial charge in [0.1, 0.15) is 0 Å². The van der Waals surface area contributed by atoms with Crippen LogP contribution in [0.2, 0.25) is 0 Å². The minimum Gasteiger partial charge on any atom is -0.504 e. The summed E-state index contributed by atoms with van der Waals surface area (Å²) in [5, 5.41) is 20.4. The number of phenols is 1. The van der Waals surface area contributed by atoms with E-state index in [4.69, 9.17) is 9.47 Å². The number of aliphatic hydroxyl groups is 1. The lowest BCUT2D eigenvalue weighted by atomic mass is 9.69. The molecular weight excluding hydrogens is 735 g/mol. The van der Waals surface area contributed by atoms with Crippen LogP contribution in [0.4, 0.5) is 32.0 Å². The van der Waals surface area contributed by atoms with Gasteiger partial charge in [0.05, 0.1) is 58.6 Å². The molecule has 3 aliphatic rings. The molecule has 2 aromatic carbocycles. The predicted octanol–water partition coefficient (Wildman–Crippen LogP) is 7.13. The van der Waals surface area contributed by atoms with Crippen LogP contribution in [0.3, 0.4) is 0 Å². The summed E-state index contributed by atoms with van der Waals surface area (Å²) in [7, 11) is 1.45. The molecule has 0 saturated carbocycles. The van der Waals surface area contributed by atoms with E-state index in [2.05, 4.69) is 0 Å². The molecule has 14 heteroatoms. The lowest BCUT2D eigenvalue weighted by molar-refractivity contribution is -0.143. The molecule has 2 aliphatic heterocycles. The van der Waals surface area contributed by atoms with E-state index in [1.807, 2.05) is 35.6 Å². The van der Waals surface area contributed by atoms with Gasteiger partial charge in [0.15, 0.2) is 11.5 Å². The molecule has 248 valence electrons. The number of hydrogen-bond donors (Lipinski definition) is 2. The summed E-state index contributed by atoms with van der Waals surface area (Å²) < 4.78 is 93.2. The van der Waals surface area contributed by atoms with Crippen LogP contribution < -0.4 is 9.64 Å². The Morgan fingerprint density at radius 1 is 1.04 bits per heavy atom. The van der Waals surface area contributed by atoms with Crippen molar-refractivity contribution in [2.24, 2.45) is 17.8 Å². The van der Waals surface area contributed by atoms with E-state index in [1.54, 1.807) is 12.1 Å². The molecule has 0 unspecified atom stereocenters. The van der Waals surface area contributed by atoms with Crippen molar-refractivity contribution in [1.82, 2.24) is 0 Å². The molecule has 7 nitrogen and oxygen atoms in total. The van der Waals surface area contributed by atoms with Crippen LogP contribution in [0.5, 0.6) is 11.5 Å². The maximum atomic E-state index is 13.7. The number of amides is 2. The Balaban J connectivity index is 1.41. The summed E-state index contributed by atoms with van der Waals surface area (Å²) in [5.41, 5.74) is -1.07. The number of hydrogen-bond acceptors (Lipinski definition) is 6. The first-order valence-electron chi connectivity index (χ1n) is 14.5. The highest BCUT2D eigenvalue weighted by molar-refractivity contribution is 14.1. The number of rotatable bonds is 8. The number of aromatic hydroxyl groups is 1. The Hall–Kier alpha value is -3.11. The van der Waals surface area contributed by atoms with Crippen LogP contribution in [-0.4, -0.2) is 48.5 Å². The van der Waals surface area contributed by atoms with Gasteiger partial charge in [-0.25, -0.2) is 4.90 Å². The van der Waals surface area contributed by atoms with Gasteiger partial charge in [-0.05, 0) is 95.3 Å². The highest BCUT2D eigenvalue weighted by atomic mass is 127. The minimum absolute atomic E-state index is 0.00640. The third kappa shape index (κ3) is 6.39. The summed E-state index contributed by atoms with van der Waals surface area (Å²) in [5.74, 6) is -4.23. The number of carbonyl (C=O) groups is 2. The fourth-order valence-corrected chi connectivity index (χ4v) is 7.30. The summed E-state index contributed by atoms with van der Waals surface area (Å²) >= 11 is 2.00. The lowest BCUT2D eigenvalue weighted by Gasteiger charge is -2.31. The highest BCUT2D eigenvalue weighted by Gasteiger charge is 2.57. The Labute approximate surface area is 274 Å². The van der Waals surface area contributed by atoms with Crippen LogP contribution >= 0.6 is 22.6 Å². The molecule has 2 amide bonds. The zero-order chi connectivity index (χ0) is 33.7. The van der Waals surface area contributed by atoms with Crippen molar-refractivity contribution in [3.8, 4) is 11.5 Å². The van der Waals surface area contributed by atoms with Crippen LogP contribution in [0.25, 0.3) is 6.08 Å². The number of phenolic OH excluding ortho intramolecular Hbond substituents is 1. The zero-order valence-electron chi connectivity index (χ0n) is 24.6. The van der Waals surface area contributed by atoms with Crippen LogP contribution in [-0.2, 0) is 26.7 Å². The van der Waals surface area contributed by atoms with E-state index >= 15 is 0 Å². The van der Waals surface area contributed by atoms with Gasteiger partial charge in [-0.1, -0.05) is 18.6 Å². The molecule has 2 aromatic rings. The lowest BCUT2D eigenvalue weighted by Crippen LogP contribution is -2.35. The van der Waals surface area contributed by atoms with E-state index in [9.17, 15) is 46.1 Å². The molecule has 1 aliphatic carbocycles. The largest absolute Gasteiger partial charge is 0.504 e. The number of anilines is 1. The van der Waals surface area contributed by atoms with E-state index in [0.717, 1.165) is 11.1 Å². The number of aliphatic hydroxyl groups excluding tert-OH is 1. The number of ether oxygens (including phenoxy) is 2. The average Bonchev–Trinajstić information content (AvgIpc) is 3.53. The van der Waals surface area contributed by atoms with Gasteiger partial charge in [-0.2, -0.15) is 26.3 Å². The zero-order valence-corrected chi connectivity index (χ0v) is 26.8. The van der Waals surface area contributed by atoms with Crippen molar-refractivity contribution in [3.05, 3.63) is 67.3 Å². The van der Waals surface area contributed by atoms with E-state index < -0.39 is 71.4 Å². The van der Waals surface area contributed by atoms with Gasteiger partial charge in [0.25, 0.3) is 0 Å². The third-order valence-electron chi connectivity index (χ3n) is 8.85. The Bertz CT molecular complexity index is 1580. The van der Waals surface area contributed by atoms with Gasteiger partial charge in [-0.15, -0.1) is 0 Å². The van der Waals surface area contributed by atoms with Gasteiger partial charge < -0.3 is 19.7 Å². The molecule has 2 fully saturated rings. The second-order valence-corrected chi connectivity index (χ2v) is 12.7. The predicted molar refractivity (Wildman–Crippen MR) is 163 cm³/mol. The smallest absolute Gasteiger partial charge is 0.416 e. The first-order valence-corrected chi connectivity index (χ1v) is 15.5. The summed E-state index contributed by atoms with van der Waals surface area (Å²) in [6, 6.07) is 4.21. The van der Waals surface area contributed by atoms with Crippen molar-refractivity contribution in [2.45, 2.75) is 51.1 Å². The third-order valence-corrected chi connectivity index (χ3v) is 9.68. The number of alkyl halides is 6. The fraction of sp³-hybridized carbons (Fsp3) is 0.438. The molecule has 0 radical (unpaired) electrons. The molecule has 0 aromatic heterocycles. The Morgan fingerprint density at radius 3 is 2.26 bits per heavy atom. The molecule has 2 saturated heterocycles. The van der Waals surface area contributed by atoms with Gasteiger partial charge in [0, 0.05) is 5.92 Å². The number of carbonyl (C=O) groups excluding carboxylic acids is 2. The van der Waals surface area contributed by atoms with Crippen molar-refractivity contribution >= 4 is 46.2 Å². The van der Waals surface area contributed by atoms with Crippen molar-refractivity contribution < 1.29 is 55.6 Å². The topological polar surface area (TPSA) is 96.3 Å². The number of benzene rings is 2. The second-order valence-electron chi connectivity index (χ2n) is 11.5. The molecule has 5 rings (SSSR count). The summed E-state index contributed by atoms with van der Waals surface area (Å²) in [6.45, 7) is 1.54. The minimum atomic E-state index is -5.15. The summed E-state index contributed by atoms with van der Waals surface area (Å²) in [4.78, 5) is 27.6. The molecule has 2 heterocycles. The number of nitrogens with zero attached hydrogens (tertiary/aromatic N) is 1. The van der Waals surface area contributed by atoms with Crippen LogP contribution in [0.1, 0.15) is 49.3 Å². The Morgan fingerprint density at radius 2 is 1.70 bits per heavy atom.